The monoisotopic (exact) mass is 302 g/mol. The number of carbonyl (C=O) groups is 2. The number of nitrogens with zero attached hydrogens (tertiary/aromatic N) is 1. The van der Waals surface area contributed by atoms with Crippen LogP contribution >= 0.6 is 0 Å². The second-order valence-electron chi connectivity index (χ2n) is 6.23. The maximum absolute atomic E-state index is 13.0. The molecule has 0 aliphatic carbocycles. The van der Waals surface area contributed by atoms with Crippen LogP contribution in [0.5, 0.6) is 0 Å². The number of nitrogens with one attached hydrogen (secondary N) is 1. The van der Waals surface area contributed by atoms with E-state index in [1.165, 1.54) is 0 Å². The molecule has 2 heterocycles. The van der Waals surface area contributed by atoms with Gasteiger partial charge in [0.2, 0.25) is 11.8 Å². The molecule has 0 saturated carbocycles. The lowest BCUT2D eigenvalue weighted by atomic mass is 9.87. The molecule has 1 fully saturated rings. The minimum absolute atomic E-state index is 0.0344. The largest absolute Gasteiger partial charge is 0.391 e. The maximum atomic E-state index is 13.0. The third kappa shape index (κ3) is 2.73. The number of anilines is 1. The van der Waals surface area contributed by atoms with Gasteiger partial charge in [0, 0.05) is 18.7 Å². The summed E-state index contributed by atoms with van der Waals surface area (Å²) in [5, 5.41) is 12.8. The Morgan fingerprint density at radius 2 is 2.14 bits per heavy atom. The quantitative estimate of drug-likeness (QED) is 0.876. The Hall–Kier alpha value is -1.88. The van der Waals surface area contributed by atoms with Gasteiger partial charge in [-0.1, -0.05) is 18.2 Å². The number of aliphatic hydroxyl groups excluding tert-OH is 1. The first kappa shape index (κ1) is 15.0. The molecular weight excluding hydrogens is 280 g/mol. The van der Waals surface area contributed by atoms with Crippen LogP contribution in [0.15, 0.2) is 24.3 Å². The average Bonchev–Trinajstić information content (AvgIpc) is 2.53. The number of hydrogen-bond donors (Lipinski definition) is 2. The molecule has 1 aromatic rings. The number of benzene rings is 1. The molecule has 1 saturated heterocycles. The fourth-order valence-corrected chi connectivity index (χ4v) is 3.56. The summed E-state index contributed by atoms with van der Waals surface area (Å²) in [6, 6.07) is 7.33. The van der Waals surface area contributed by atoms with E-state index in [4.69, 9.17) is 0 Å². The van der Waals surface area contributed by atoms with Crippen molar-refractivity contribution in [2.24, 2.45) is 0 Å². The third-order valence-corrected chi connectivity index (χ3v) is 4.69. The van der Waals surface area contributed by atoms with Crippen molar-refractivity contribution in [2.45, 2.75) is 50.7 Å². The second kappa shape index (κ2) is 6.08. The first-order valence-corrected chi connectivity index (χ1v) is 7.95. The Morgan fingerprint density at radius 1 is 1.36 bits per heavy atom. The van der Waals surface area contributed by atoms with Crippen LogP contribution in [0.1, 0.15) is 44.1 Å². The van der Waals surface area contributed by atoms with Crippen molar-refractivity contribution in [3.63, 3.8) is 0 Å². The van der Waals surface area contributed by atoms with Gasteiger partial charge in [0.25, 0.3) is 0 Å². The lowest BCUT2D eigenvalue weighted by molar-refractivity contribution is -0.141. The molecule has 3 unspecified atom stereocenters. The number of aliphatic hydroxyl groups is 1. The van der Waals surface area contributed by atoms with Crippen molar-refractivity contribution in [1.29, 1.82) is 0 Å². The van der Waals surface area contributed by atoms with Crippen LogP contribution in [-0.2, 0) is 9.59 Å². The molecule has 1 aromatic carbocycles. The van der Waals surface area contributed by atoms with Gasteiger partial charge in [-0.05, 0) is 37.8 Å². The predicted octanol–water partition coefficient (Wildman–Crippen LogP) is 1.87. The Bertz CT molecular complexity index is 585. The average molecular weight is 302 g/mol. The van der Waals surface area contributed by atoms with Crippen molar-refractivity contribution in [3.05, 3.63) is 29.8 Å². The Morgan fingerprint density at radius 3 is 2.91 bits per heavy atom. The lowest BCUT2D eigenvalue weighted by Gasteiger charge is -2.40. The number of piperidine rings is 1. The van der Waals surface area contributed by atoms with E-state index in [1.807, 2.05) is 24.3 Å². The first-order chi connectivity index (χ1) is 10.6. The molecule has 0 aromatic heterocycles. The molecule has 2 amide bonds. The van der Waals surface area contributed by atoms with Crippen LogP contribution in [0.2, 0.25) is 0 Å². The van der Waals surface area contributed by atoms with Crippen LogP contribution in [0.4, 0.5) is 5.69 Å². The van der Waals surface area contributed by atoms with Crippen molar-refractivity contribution < 1.29 is 14.7 Å². The van der Waals surface area contributed by atoms with Crippen molar-refractivity contribution in [2.75, 3.05) is 11.9 Å². The van der Waals surface area contributed by atoms with Crippen LogP contribution in [0, 0.1) is 0 Å². The summed E-state index contributed by atoms with van der Waals surface area (Å²) in [4.78, 5) is 26.7. The highest BCUT2D eigenvalue weighted by Crippen LogP contribution is 2.35. The van der Waals surface area contributed by atoms with Crippen molar-refractivity contribution in [3.8, 4) is 0 Å². The number of amides is 2. The summed E-state index contributed by atoms with van der Waals surface area (Å²) in [6.45, 7) is 2.40. The molecule has 2 aliphatic heterocycles. The summed E-state index contributed by atoms with van der Waals surface area (Å²) in [5.74, 6) is -0.597. The van der Waals surface area contributed by atoms with E-state index in [0.29, 0.717) is 6.54 Å². The fourth-order valence-electron chi connectivity index (χ4n) is 3.56. The highest BCUT2D eigenvalue weighted by molar-refractivity contribution is 6.01. The smallest absolute Gasteiger partial charge is 0.231 e. The van der Waals surface area contributed by atoms with E-state index in [-0.39, 0.29) is 24.3 Å². The van der Waals surface area contributed by atoms with E-state index in [1.54, 1.807) is 11.8 Å². The molecule has 2 N–H and O–H groups in total. The van der Waals surface area contributed by atoms with Gasteiger partial charge in [-0.15, -0.1) is 0 Å². The van der Waals surface area contributed by atoms with E-state index in [0.717, 1.165) is 30.5 Å². The van der Waals surface area contributed by atoms with E-state index >= 15 is 0 Å². The molecule has 22 heavy (non-hydrogen) atoms. The highest BCUT2D eigenvalue weighted by Gasteiger charge is 2.37. The van der Waals surface area contributed by atoms with Gasteiger partial charge in [0.1, 0.15) is 0 Å². The van der Waals surface area contributed by atoms with Gasteiger partial charge < -0.3 is 15.3 Å². The summed E-state index contributed by atoms with van der Waals surface area (Å²) in [7, 11) is 0. The van der Waals surface area contributed by atoms with Gasteiger partial charge in [-0.3, -0.25) is 9.59 Å². The van der Waals surface area contributed by atoms with Gasteiger partial charge in [0.05, 0.1) is 18.1 Å². The van der Waals surface area contributed by atoms with E-state index in [9.17, 15) is 14.7 Å². The number of hydrogen-bond acceptors (Lipinski definition) is 3. The maximum Gasteiger partial charge on any atom is 0.231 e. The minimum atomic E-state index is -0.545. The SMILES string of the molecule is CC(O)C1CCCCN1C(=O)C1CC(=O)Nc2ccccc21. The zero-order chi connectivity index (χ0) is 15.7. The predicted molar refractivity (Wildman–Crippen MR) is 83.5 cm³/mol. The number of carbonyl (C=O) groups excluding carboxylic acids is 2. The van der Waals surface area contributed by atoms with Crippen LogP contribution in [0.25, 0.3) is 0 Å². The van der Waals surface area contributed by atoms with Crippen LogP contribution in [-0.4, -0.2) is 40.5 Å². The highest BCUT2D eigenvalue weighted by atomic mass is 16.3. The summed E-state index contributed by atoms with van der Waals surface area (Å²) >= 11 is 0. The Kier molecular flexibility index (Phi) is 4.16. The Labute approximate surface area is 130 Å². The third-order valence-electron chi connectivity index (χ3n) is 4.69. The standard InChI is InChI=1S/C17H22N2O3/c1-11(20)15-8-4-5-9-19(15)17(22)13-10-16(21)18-14-7-3-2-6-12(13)14/h2-3,6-7,11,13,15,20H,4-5,8-10H2,1H3,(H,18,21). The molecule has 118 valence electrons. The summed E-state index contributed by atoms with van der Waals surface area (Å²) in [5.41, 5.74) is 1.60. The Balaban J connectivity index is 1.89. The topological polar surface area (TPSA) is 69.6 Å². The molecule has 5 heteroatoms. The van der Waals surface area contributed by atoms with E-state index in [2.05, 4.69) is 5.32 Å². The van der Waals surface area contributed by atoms with Gasteiger partial charge in [0.15, 0.2) is 0 Å². The summed E-state index contributed by atoms with van der Waals surface area (Å²) < 4.78 is 0. The molecule has 3 rings (SSSR count). The minimum Gasteiger partial charge on any atom is -0.391 e. The fraction of sp³-hybridized carbons (Fsp3) is 0.529. The number of likely N-dealkylation sites (tertiary alicyclic amines) is 1. The first-order valence-electron chi connectivity index (χ1n) is 7.95. The number of para-hydroxylation sites is 1. The lowest BCUT2D eigenvalue weighted by Crippen LogP contribution is -2.51. The molecule has 0 bridgehead atoms. The molecule has 0 radical (unpaired) electrons. The number of rotatable bonds is 2. The van der Waals surface area contributed by atoms with Gasteiger partial charge in [-0.2, -0.15) is 0 Å². The molecule has 5 nitrogen and oxygen atoms in total. The van der Waals surface area contributed by atoms with Gasteiger partial charge in [-0.25, -0.2) is 0 Å². The second-order valence-corrected chi connectivity index (χ2v) is 6.23. The summed E-state index contributed by atoms with van der Waals surface area (Å²) in [6.07, 6.45) is 2.44. The zero-order valence-corrected chi connectivity index (χ0v) is 12.8. The van der Waals surface area contributed by atoms with Crippen LogP contribution in [0.3, 0.4) is 0 Å². The van der Waals surface area contributed by atoms with Crippen molar-refractivity contribution in [1.82, 2.24) is 4.90 Å². The van der Waals surface area contributed by atoms with E-state index < -0.39 is 12.0 Å². The molecular formula is C17H22N2O3. The van der Waals surface area contributed by atoms with Crippen LogP contribution < -0.4 is 5.32 Å². The van der Waals surface area contributed by atoms with Crippen molar-refractivity contribution >= 4 is 17.5 Å². The van der Waals surface area contributed by atoms with Gasteiger partial charge >= 0.3 is 0 Å². The molecule has 0 spiro atoms. The molecule has 2 aliphatic rings. The molecule has 3 atom stereocenters. The number of fused-ring (bicyclic) bond motifs is 1. The zero-order valence-electron chi connectivity index (χ0n) is 12.8. The normalized spacial score (nSPS) is 26.1.